The van der Waals surface area contributed by atoms with Gasteiger partial charge in [-0.2, -0.15) is 0 Å². The van der Waals surface area contributed by atoms with Gasteiger partial charge in [0.25, 0.3) is 5.91 Å². The number of benzene rings is 1. The first kappa shape index (κ1) is 15.0. The van der Waals surface area contributed by atoms with Gasteiger partial charge in [-0.15, -0.1) is 11.3 Å². The van der Waals surface area contributed by atoms with E-state index in [2.05, 4.69) is 5.32 Å². The van der Waals surface area contributed by atoms with E-state index in [0.29, 0.717) is 17.7 Å². The molecule has 4 nitrogen and oxygen atoms in total. The quantitative estimate of drug-likeness (QED) is 0.912. The molecule has 0 aliphatic carbocycles. The molecule has 0 atom stereocenters. The van der Waals surface area contributed by atoms with E-state index < -0.39 is 34.9 Å². The van der Waals surface area contributed by atoms with Crippen LogP contribution in [0.4, 0.5) is 18.2 Å². The second-order valence-corrected chi connectivity index (χ2v) is 5.18. The summed E-state index contributed by atoms with van der Waals surface area (Å²) in [4.78, 5) is 22.7. The topological polar surface area (TPSA) is 66.4 Å². The number of carbonyl (C=O) groups is 2. The predicted molar refractivity (Wildman–Crippen MR) is 70.3 cm³/mol. The summed E-state index contributed by atoms with van der Waals surface area (Å²) in [5.74, 6) is -6.10. The highest BCUT2D eigenvalue weighted by Gasteiger charge is 2.21. The molecule has 0 saturated carbocycles. The van der Waals surface area contributed by atoms with Gasteiger partial charge in [0.2, 0.25) is 0 Å². The Hall–Kier alpha value is -2.35. The van der Waals surface area contributed by atoms with Crippen LogP contribution in [0.15, 0.2) is 18.2 Å². The fourth-order valence-corrected chi connectivity index (χ4v) is 2.60. The number of anilines is 1. The SMILES string of the molecule is Cc1cc(NC(=O)c2c(F)cc(F)cc2F)sc1C(=O)O. The van der Waals surface area contributed by atoms with Crippen LogP contribution in [-0.2, 0) is 0 Å². The number of nitrogens with one attached hydrogen (secondary N) is 1. The smallest absolute Gasteiger partial charge is 0.346 e. The zero-order valence-corrected chi connectivity index (χ0v) is 11.4. The van der Waals surface area contributed by atoms with Crippen molar-refractivity contribution < 1.29 is 27.9 Å². The van der Waals surface area contributed by atoms with Crippen molar-refractivity contribution in [3.63, 3.8) is 0 Å². The first-order valence-electron chi connectivity index (χ1n) is 5.59. The minimum atomic E-state index is -1.34. The van der Waals surface area contributed by atoms with E-state index in [1.165, 1.54) is 13.0 Å². The normalized spacial score (nSPS) is 10.5. The molecule has 0 aliphatic rings. The molecule has 110 valence electrons. The molecule has 0 aliphatic heterocycles. The van der Waals surface area contributed by atoms with Gasteiger partial charge in [-0.3, -0.25) is 4.79 Å². The maximum atomic E-state index is 13.4. The number of halogens is 3. The number of carboxylic acid groups (broad SMARTS) is 1. The molecule has 0 bridgehead atoms. The van der Waals surface area contributed by atoms with E-state index in [1.807, 2.05) is 0 Å². The summed E-state index contributed by atoms with van der Waals surface area (Å²) in [6.07, 6.45) is 0. The maximum Gasteiger partial charge on any atom is 0.346 e. The lowest BCUT2D eigenvalue weighted by Gasteiger charge is -2.05. The Morgan fingerprint density at radius 3 is 2.19 bits per heavy atom. The summed E-state index contributed by atoms with van der Waals surface area (Å²) in [6.45, 7) is 1.52. The average Bonchev–Trinajstić information content (AvgIpc) is 2.68. The molecular weight excluding hydrogens is 307 g/mol. The summed E-state index contributed by atoms with van der Waals surface area (Å²) in [6, 6.07) is 2.14. The van der Waals surface area contributed by atoms with Gasteiger partial charge in [0, 0.05) is 12.1 Å². The first-order valence-corrected chi connectivity index (χ1v) is 6.41. The second kappa shape index (κ2) is 5.57. The molecule has 0 saturated heterocycles. The van der Waals surface area contributed by atoms with Crippen molar-refractivity contribution in [1.82, 2.24) is 0 Å². The summed E-state index contributed by atoms with van der Waals surface area (Å²) >= 11 is 0.755. The van der Waals surface area contributed by atoms with E-state index in [-0.39, 0.29) is 9.88 Å². The van der Waals surface area contributed by atoms with Crippen LogP contribution in [0, 0.1) is 24.4 Å². The molecule has 2 rings (SSSR count). The Bertz CT molecular complexity index is 719. The third kappa shape index (κ3) is 3.05. The molecule has 0 radical (unpaired) electrons. The Kier molecular flexibility index (Phi) is 3.99. The van der Waals surface area contributed by atoms with Gasteiger partial charge < -0.3 is 10.4 Å². The molecular formula is C13H8F3NO3S. The van der Waals surface area contributed by atoms with Crippen molar-refractivity contribution in [3.8, 4) is 0 Å². The highest BCUT2D eigenvalue weighted by molar-refractivity contribution is 7.18. The van der Waals surface area contributed by atoms with Crippen LogP contribution in [0.1, 0.15) is 25.6 Å². The Morgan fingerprint density at radius 1 is 1.14 bits per heavy atom. The van der Waals surface area contributed by atoms with Gasteiger partial charge in [0.15, 0.2) is 0 Å². The van der Waals surface area contributed by atoms with Gasteiger partial charge in [-0.25, -0.2) is 18.0 Å². The minimum Gasteiger partial charge on any atom is -0.477 e. The van der Waals surface area contributed by atoms with Gasteiger partial charge in [0.1, 0.15) is 27.9 Å². The molecule has 0 unspecified atom stereocenters. The zero-order valence-electron chi connectivity index (χ0n) is 10.5. The van der Waals surface area contributed by atoms with E-state index in [0.717, 1.165) is 11.3 Å². The van der Waals surface area contributed by atoms with Crippen molar-refractivity contribution >= 4 is 28.2 Å². The summed E-state index contributed by atoms with van der Waals surface area (Å²) in [7, 11) is 0. The third-order valence-electron chi connectivity index (χ3n) is 2.58. The maximum absolute atomic E-state index is 13.4. The Labute approximate surface area is 120 Å². The van der Waals surface area contributed by atoms with Crippen molar-refractivity contribution in [2.75, 3.05) is 5.32 Å². The van der Waals surface area contributed by atoms with E-state index in [9.17, 15) is 22.8 Å². The van der Waals surface area contributed by atoms with Crippen LogP contribution < -0.4 is 5.32 Å². The Balaban J connectivity index is 2.31. The lowest BCUT2D eigenvalue weighted by molar-refractivity contribution is 0.0701. The highest BCUT2D eigenvalue weighted by atomic mass is 32.1. The third-order valence-corrected chi connectivity index (χ3v) is 3.72. The number of aryl methyl sites for hydroxylation is 1. The van der Waals surface area contributed by atoms with Crippen molar-refractivity contribution in [1.29, 1.82) is 0 Å². The minimum absolute atomic E-state index is 0.00495. The van der Waals surface area contributed by atoms with Crippen molar-refractivity contribution in [2.24, 2.45) is 0 Å². The van der Waals surface area contributed by atoms with E-state index in [1.54, 1.807) is 0 Å². The predicted octanol–water partition coefficient (Wildman–Crippen LogP) is 3.42. The lowest BCUT2D eigenvalue weighted by Crippen LogP contribution is -2.15. The molecule has 21 heavy (non-hydrogen) atoms. The average molecular weight is 315 g/mol. The monoisotopic (exact) mass is 315 g/mol. The summed E-state index contributed by atoms with van der Waals surface area (Å²) in [5.41, 5.74) is -0.526. The fourth-order valence-electron chi connectivity index (χ4n) is 1.69. The molecule has 2 N–H and O–H groups in total. The van der Waals surface area contributed by atoms with E-state index in [4.69, 9.17) is 5.11 Å². The second-order valence-electron chi connectivity index (χ2n) is 4.13. The first-order chi connectivity index (χ1) is 9.79. The summed E-state index contributed by atoms with van der Waals surface area (Å²) < 4.78 is 39.7. The number of carboxylic acids is 1. The van der Waals surface area contributed by atoms with Crippen molar-refractivity contribution in [3.05, 3.63) is 51.7 Å². The lowest BCUT2D eigenvalue weighted by atomic mass is 10.2. The zero-order chi connectivity index (χ0) is 15.7. The summed E-state index contributed by atoms with van der Waals surface area (Å²) in [5, 5.41) is 11.2. The highest BCUT2D eigenvalue weighted by Crippen LogP contribution is 2.27. The van der Waals surface area contributed by atoms with Gasteiger partial charge in [-0.1, -0.05) is 0 Å². The number of rotatable bonds is 3. The molecule has 1 amide bonds. The van der Waals surface area contributed by atoms with Gasteiger partial charge in [0.05, 0.1) is 5.00 Å². The fraction of sp³-hybridized carbons (Fsp3) is 0.0769. The Morgan fingerprint density at radius 2 is 1.71 bits per heavy atom. The number of hydrogen-bond donors (Lipinski definition) is 2. The molecule has 8 heteroatoms. The van der Waals surface area contributed by atoms with Crippen LogP contribution in [0.5, 0.6) is 0 Å². The number of amides is 1. The van der Waals surface area contributed by atoms with E-state index >= 15 is 0 Å². The molecule has 1 heterocycles. The van der Waals surface area contributed by atoms with Crippen LogP contribution in [0.3, 0.4) is 0 Å². The number of hydrogen-bond acceptors (Lipinski definition) is 3. The van der Waals surface area contributed by atoms with Gasteiger partial charge >= 0.3 is 5.97 Å². The standard InChI is InChI=1S/C13H8F3NO3S/c1-5-2-9(21-11(5)13(19)20)17-12(18)10-7(15)3-6(14)4-8(10)16/h2-4H,1H3,(H,17,18)(H,19,20). The largest absolute Gasteiger partial charge is 0.477 e. The number of thiophene rings is 1. The molecule has 1 aromatic heterocycles. The van der Waals surface area contributed by atoms with Crippen LogP contribution in [0.25, 0.3) is 0 Å². The van der Waals surface area contributed by atoms with Crippen molar-refractivity contribution in [2.45, 2.75) is 6.92 Å². The van der Waals surface area contributed by atoms with Crippen LogP contribution >= 0.6 is 11.3 Å². The number of carbonyl (C=O) groups excluding carboxylic acids is 1. The molecule has 1 aromatic carbocycles. The van der Waals surface area contributed by atoms with Crippen LogP contribution in [0.2, 0.25) is 0 Å². The number of aromatic carboxylic acids is 1. The molecule has 0 fully saturated rings. The van der Waals surface area contributed by atoms with Crippen LogP contribution in [-0.4, -0.2) is 17.0 Å². The molecule has 0 spiro atoms. The van der Waals surface area contributed by atoms with Gasteiger partial charge in [-0.05, 0) is 18.6 Å². The molecule has 2 aromatic rings.